The SMILES string of the molecule is CCOc1ccc(/C=C(\Sc2nnc(C)o2)C(=O)[O-])cc1OC. The van der Waals surface area contributed by atoms with Gasteiger partial charge in [-0.2, -0.15) is 0 Å². The number of carbonyl (C=O) groups is 1. The highest BCUT2D eigenvalue weighted by Crippen LogP contribution is 2.31. The van der Waals surface area contributed by atoms with Crippen LogP contribution in [0.2, 0.25) is 0 Å². The van der Waals surface area contributed by atoms with Gasteiger partial charge in [0, 0.05) is 11.8 Å². The van der Waals surface area contributed by atoms with Crippen LogP contribution in [0, 0.1) is 6.92 Å². The molecule has 0 atom stereocenters. The Hall–Kier alpha value is -2.48. The molecule has 0 saturated heterocycles. The van der Waals surface area contributed by atoms with Gasteiger partial charge in [-0.05, 0) is 42.5 Å². The molecule has 122 valence electrons. The van der Waals surface area contributed by atoms with E-state index in [1.165, 1.54) is 13.2 Å². The number of hydrogen-bond acceptors (Lipinski definition) is 8. The maximum Gasteiger partial charge on any atom is 0.281 e. The third kappa shape index (κ3) is 4.49. The second-order valence-corrected chi connectivity index (χ2v) is 5.32. The summed E-state index contributed by atoms with van der Waals surface area (Å²) in [5.41, 5.74) is 0.619. The smallest absolute Gasteiger partial charge is 0.281 e. The van der Waals surface area contributed by atoms with Crippen molar-refractivity contribution in [3.8, 4) is 11.5 Å². The zero-order chi connectivity index (χ0) is 16.8. The van der Waals surface area contributed by atoms with E-state index < -0.39 is 5.97 Å². The predicted octanol–water partition coefficient (Wildman–Crippen LogP) is 1.67. The van der Waals surface area contributed by atoms with Gasteiger partial charge in [0.25, 0.3) is 5.22 Å². The van der Waals surface area contributed by atoms with Crippen molar-refractivity contribution in [3.05, 3.63) is 34.6 Å². The number of benzene rings is 1. The molecule has 0 amide bonds. The van der Waals surface area contributed by atoms with Crippen molar-refractivity contribution < 1.29 is 23.8 Å². The predicted molar refractivity (Wildman–Crippen MR) is 82.0 cm³/mol. The standard InChI is InChI=1S/C15H16N2O5S/c1-4-21-11-6-5-10(7-12(11)20-3)8-13(14(18)19)23-15-17-16-9(2)22-15/h5-8H,4H2,1-3H3,(H,18,19)/p-1/b13-8-. The summed E-state index contributed by atoms with van der Waals surface area (Å²) < 4.78 is 15.8. The van der Waals surface area contributed by atoms with Crippen LogP contribution in [0.5, 0.6) is 11.5 Å². The van der Waals surface area contributed by atoms with Crippen LogP contribution in [0.25, 0.3) is 6.08 Å². The average Bonchev–Trinajstić information content (AvgIpc) is 2.93. The summed E-state index contributed by atoms with van der Waals surface area (Å²) in [5.74, 6) is 0.117. The molecule has 2 rings (SSSR count). The Kier molecular flexibility index (Phi) is 5.64. The normalized spacial score (nSPS) is 11.3. The van der Waals surface area contributed by atoms with Crippen LogP contribution < -0.4 is 14.6 Å². The largest absolute Gasteiger partial charge is 0.544 e. The van der Waals surface area contributed by atoms with Crippen molar-refractivity contribution in [3.63, 3.8) is 0 Å². The highest BCUT2D eigenvalue weighted by Gasteiger charge is 2.10. The highest BCUT2D eigenvalue weighted by molar-refractivity contribution is 8.03. The van der Waals surface area contributed by atoms with Gasteiger partial charge in [0.1, 0.15) is 0 Å². The molecule has 0 radical (unpaired) electrons. The zero-order valence-electron chi connectivity index (χ0n) is 12.9. The molecule has 0 spiro atoms. The van der Waals surface area contributed by atoms with Crippen molar-refractivity contribution in [2.75, 3.05) is 13.7 Å². The Labute approximate surface area is 137 Å². The molecule has 0 aliphatic heterocycles. The second-order valence-electron chi connectivity index (χ2n) is 4.33. The fourth-order valence-corrected chi connectivity index (χ4v) is 2.45. The number of aryl methyl sites for hydroxylation is 1. The summed E-state index contributed by atoms with van der Waals surface area (Å²) in [6, 6.07) is 5.10. The Morgan fingerprint density at radius 2 is 2.17 bits per heavy atom. The summed E-state index contributed by atoms with van der Waals surface area (Å²) in [5, 5.41) is 18.8. The van der Waals surface area contributed by atoms with E-state index in [0.717, 1.165) is 11.8 Å². The fourth-order valence-electron chi connectivity index (χ4n) is 1.74. The van der Waals surface area contributed by atoms with Crippen LogP contribution in [0.1, 0.15) is 18.4 Å². The molecule has 1 heterocycles. The van der Waals surface area contributed by atoms with E-state index in [1.54, 1.807) is 25.1 Å². The number of aliphatic carboxylic acids is 1. The van der Waals surface area contributed by atoms with Crippen LogP contribution >= 0.6 is 11.8 Å². The van der Waals surface area contributed by atoms with E-state index >= 15 is 0 Å². The molecule has 1 aromatic carbocycles. The number of carboxylic acid groups (broad SMARTS) is 1. The maximum absolute atomic E-state index is 11.3. The molecule has 8 heteroatoms. The van der Waals surface area contributed by atoms with E-state index in [4.69, 9.17) is 13.9 Å². The van der Waals surface area contributed by atoms with Gasteiger partial charge in [-0.15, -0.1) is 10.2 Å². The van der Waals surface area contributed by atoms with Crippen LogP contribution in [0.4, 0.5) is 0 Å². The third-order valence-electron chi connectivity index (χ3n) is 2.69. The van der Waals surface area contributed by atoms with Gasteiger partial charge in [-0.3, -0.25) is 0 Å². The van der Waals surface area contributed by atoms with Gasteiger partial charge in [-0.1, -0.05) is 6.07 Å². The number of thioether (sulfide) groups is 1. The first-order valence-corrected chi connectivity index (χ1v) is 7.57. The van der Waals surface area contributed by atoms with Gasteiger partial charge < -0.3 is 23.8 Å². The molecule has 2 aromatic rings. The van der Waals surface area contributed by atoms with Crippen molar-refractivity contribution >= 4 is 23.8 Å². The summed E-state index contributed by atoms with van der Waals surface area (Å²) >= 11 is 0.827. The fraction of sp³-hybridized carbons (Fsp3) is 0.267. The minimum Gasteiger partial charge on any atom is -0.544 e. The Balaban J connectivity index is 2.29. The van der Waals surface area contributed by atoms with Gasteiger partial charge in [0.15, 0.2) is 11.5 Å². The minimum absolute atomic E-state index is 0.0557. The lowest BCUT2D eigenvalue weighted by Crippen LogP contribution is -2.23. The van der Waals surface area contributed by atoms with Crippen LogP contribution in [0.15, 0.2) is 32.7 Å². The quantitative estimate of drug-likeness (QED) is 0.557. The second kappa shape index (κ2) is 7.68. The zero-order valence-corrected chi connectivity index (χ0v) is 13.7. The molecule has 23 heavy (non-hydrogen) atoms. The van der Waals surface area contributed by atoms with E-state index in [1.807, 2.05) is 6.92 Å². The third-order valence-corrected chi connectivity index (χ3v) is 3.54. The summed E-state index contributed by atoms with van der Waals surface area (Å²) in [4.78, 5) is 11.2. The number of carboxylic acids is 1. The average molecular weight is 335 g/mol. The molecule has 0 fully saturated rings. The van der Waals surface area contributed by atoms with Crippen LogP contribution in [-0.2, 0) is 4.79 Å². The van der Waals surface area contributed by atoms with Gasteiger partial charge in [0.05, 0.1) is 19.7 Å². The lowest BCUT2D eigenvalue weighted by Gasteiger charge is -2.10. The number of methoxy groups -OCH3 is 1. The highest BCUT2D eigenvalue weighted by atomic mass is 32.2. The number of hydrogen-bond donors (Lipinski definition) is 0. The molecule has 1 aromatic heterocycles. The van der Waals surface area contributed by atoms with Crippen molar-refractivity contribution in [1.29, 1.82) is 0 Å². The maximum atomic E-state index is 11.3. The molecular formula is C15H15N2O5S-. The number of rotatable bonds is 7. The molecule has 0 aliphatic carbocycles. The number of carbonyl (C=O) groups excluding carboxylic acids is 1. The number of ether oxygens (including phenoxy) is 2. The first-order valence-electron chi connectivity index (χ1n) is 6.75. The first kappa shape index (κ1) is 16.9. The first-order chi connectivity index (χ1) is 11.0. The van der Waals surface area contributed by atoms with E-state index in [0.29, 0.717) is 29.6 Å². The Morgan fingerprint density at radius 3 is 2.74 bits per heavy atom. The Morgan fingerprint density at radius 1 is 1.39 bits per heavy atom. The minimum atomic E-state index is -1.33. The number of nitrogens with zero attached hydrogens (tertiary/aromatic N) is 2. The molecule has 0 unspecified atom stereocenters. The van der Waals surface area contributed by atoms with Crippen LogP contribution in [-0.4, -0.2) is 29.9 Å². The van der Waals surface area contributed by atoms with E-state index in [9.17, 15) is 9.90 Å². The molecule has 0 bridgehead atoms. The summed E-state index contributed by atoms with van der Waals surface area (Å²) in [6.07, 6.45) is 1.44. The van der Waals surface area contributed by atoms with Gasteiger partial charge in [0.2, 0.25) is 5.89 Å². The Bertz CT molecular complexity index is 726. The number of aromatic nitrogens is 2. The van der Waals surface area contributed by atoms with Crippen molar-refractivity contribution in [2.45, 2.75) is 19.1 Å². The topological polar surface area (TPSA) is 97.5 Å². The molecule has 0 aliphatic rings. The lowest BCUT2D eigenvalue weighted by atomic mass is 10.2. The summed E-state index contributed by atoms with van der Waals surface area (Å²) in [6.45, 7) is 3.99. The van der Waals surface area contributed by atoms with E-state index in [2.05, 4.69) is 10.2 Å². The molecule has 0 saturated carbocycles. The van der Waals surface area contributed by atoms with Crippen LogP contribution in [0.3, 0.4) is 0 Å². The van der Waals surface area contributed by atoms with Gasteiger partial charge in [-0.25, -0.2) is 0 Å². The van der Waals surface area contributed by atoms with E-state index in [-0.39, 0.29) is 10.1 Å². The van der Waals surface area contributed by atoms with Crippen molar-refractivity contribution in [2.24, 2.45) is 0 Å². The van der Waals surface area contributed by atoms with Crippen molar-refractivity contribution in [1.82, 2.24) is 10.2 Å². The molecule has 7 nitrogen and oxygen atoms in total. The molecule has 0 N–H and O–H groups in total. The summed E-state index contributed by atoms with van der Waals surface area (Å²) in [7, 11) is 1.51. The van der Waals surface area contributed by atoms with Gasteiger partial charge >= 0.3 is 0 Å². The monoisotopic (exact) mass is 335 g/mol. The molecular weight excluding hydrogens is 320 g/mol. The lowest BCUT2D eigenvalue weighted by molar-refractivity contribution is -0.298.